The fourth-order valence-electron chi connectivity index (χ4n) is 8.41. The van der Waals surface area contributed by atoms with Crippen LogP contribution in [-0.4, -0.2) is 32.0 Å². The summed E-state index contributed by atoms with van der Waals surface area (Å²) in [4.78, 5) is 28.2. The largest absolute Gasteiger partial charge is 0.507 e. The van der Waals surface area contributed by atoms with Crippen molar-refractivity contribution in [1.29, 1.82) is 0 Å². The third kappa shape index (κ3) is 8.51. The molecule has 6 aromatic rings. The molecule has 2 aliphatic carbocycles. The molecule has 8 rings (SSSR count). The Morgan fingerprint density at radius 3 is 1.09 bits per heavy atom. The SMILES string of the molecule is Cc1cc2c(c(O)c1-c1c(C)cc3c(c1O)/C(=C/Nc1ccc(N=Nc4ccccc4)cc1)C(=O)C(O)=C3C(C)C)/C(=C/Nc1ccc(N=Nc3ccccc3)cc1)C(=O)C(O)=C2C(C)C. The summed E-state index contributed by atoms with van der Waals surface area (Å²) < 4.78 is 0. The Morgan fingerprint density at radius 2 is 0.773 bits per heavy atom. The topological polar surface area (TPSA) is 189 Å². The highest BCUT2D eigenvalue weighted by atomic mass is 16.3. The number of aliphatic hydroxyl groups excluding tert-OH is 2. The first-order chi connectivity index (χ1) is 31.7. The molecule has 12 heteroatoms. The quantitative estimate of drug-likeness (QED) is 0.0547. The van der Waals surface area contributed by atoms with E-state index in [4.69, 9.17) is 0 Å². The van der Waals surface area contributed by atoms with Crippen LogP contribution in [-0.2, 0) is 9.59 Å². The van der Waals surface area contributed by atoms with Crippen LogP contribution in [0.4, 0.5) is 34.1 Å². The lowest BCUT2D eigenvalue weighted by molar-refractivity contribution is -0.113. The summed E-state index contributed by atoms with van der Waals surface area (Å²) >= 11 is 0. The molecule has 12 nitrogen and oxygen atoms in total. The number of Topliss-reactive ketones (excluding diaryl/α,β-unsaturated/α-hetero) is 2. The van der Waals surface area contributed by atoms with Crippen LogP contribution in [0.5, 0.6) is 11.5 Å². The molecule has 2 aliphatic rings. The maximum atomic E-state index is 14.1. The second kappa shape index (κ2) is 18.4. The third-order valence-corrected chi connectivity index (χ3v) is 11.5. The lowest BCUT2D eigenvalue weighted by atomic mass is 9.75. The molecule has 6 aromatic carbocycles. The van der Waals surface area contributed by atoms with Crippen LogP contribution in [0.2, 0.25) is 0 Å². The number of anilines is 2. The van der Waals surface area contributed by atoms with Gasteiger partial charge in [-0.1, -0.05) is 76.2 Å². The molecular weight excluding hydrogens is 829 g/mol. The number of benzene rings is 6. The van der Waals surface area contributed by atoms with Gasteiger partial charge in [0.05, 0.1) is 33.9 Å². The minimum absolute atomic E-state index is 0.00365. The molecule has 0 radical (unpaired) electrons. The summed E-state index contributed by atoms with van der Waals surface area (Å²) in [5.41, 5.74) is 7.35. The van der Waals surface area contributed by atoms with E-state index in [1.165, 1.54) is 12.4 Å². The molecule has 0 atom stereocenters. The number of nitrogens with zero attached hydrogens (tertiary/aromatic N) is 4. The van der Waals surface area contributed by atoms with Crippen molar-refractivity contribution in [2.75, 3.05) is 10.6 Å². The zero-order chi connectivity index (χ0) is 46.8. The van der Waals surface area contributed by atoms with Crippen LogP contribution < -0.4 is 10.6 Å². The van der Waals surface area contributed by atoms with Gasteiger partial charge in [-0.05, 0) is 121 Å². The van der Waals surface area contributed by atoms with Crippen LogP contribution in [0.15, 0.2) is 166 Å². The monoisotopic (exact) mass is 876 g/mol. The van der Waals surface area contributed by atoms with Gasteiger partial charge in [-0.3, -0.25) is 9.59 Å². The highest BCUT2D eigenvalue weighted by Gasteiger charge is 2.38. The van der Waals surface area contributed by atoms with E-state index in [0.717, 1.165) is 0 Å². The van der Waals surface area contributed by atoms with Crippen LogP contribution in [0.25, 0.3) is 33.4 Å². The van der Waals surface area contributed by atoms with Crippen molar-refractivity contribution >= 4 is 68.0 Å². The average Bonchev–Trinajstić information content (AvgIpc) is 3.30. The predicted molar refractivity (Wildman–Crippen MR) is 261 cm³/mol. The molecule has 0 bridgehead atoms. The number of aromatic hydroxyl groups is 2. The van der Waals surface area contributed by atoms with E-state index >= 15 is 0 Å². The van der Waals surface area contributed by atoms with Crippen molar-refractivity contribution in [3.05, 3.63) is 179 Å². The minimum Gasteiger partial charge on any atom is -0.507 e. The van der Waals surface area contributed by atoms with Crippen LogP contribution >= 0.6 is 0 Å². The first-order valence-corrected chi connectivity index (χ1v) is 21.5. The zero-order valence-electron chi connectivity index (χ0n) is 37.3. The number of ketones is 2. The lowest BCUT2D eigenvalue weighted by Crippen LogP contribution is -2.20. The van der Waals surface area contributed by atoms with E-state index in [-0.39, 0.29) is 56.7 Å². The van der Waals surface area contributed by atoms with Crippen molar-refractivity contribution in [2.24, 2.45) is 32.3 Å². The van der Waals surface area contributed by atoms with Crippen molar-refractivity contribution in [1.82, 2.24) is 0 Å². The van der Waals surface area contributed by atoms with Gasteiger partial charge >= 0.3 is 0 Å². The zero-order valence-corrected chi connectivity index (χ0v) is 37.3. The maximum absolute atomic E-state index is 14.1. The molecule has 6 N–H and O–H groups in total. The van der Waals surface area contributed by atoms with E-state index in [9.17, 15) is 30.0 Å². The Morgan fingerprint density at radius 1 is 0.455 bits per heavy atom. The van der Waals surface area contributed by atoms with E-state index in [1.54, 1.807) is 74.5 Å². The smallest absolute Gasteiger partial charge is 0.229 e. The van der Waals surface area contributed by atoms with E-state index in [2.05, 4.69) is 31.1 Å². The molecule has 0 saturated heterocycles. The molecular formula is C54H48N6O6. The number of azo groups is 2. The minimum atomic E-state index is -0.695. The van der Waals surface area contributed by atoms with Crippen molar-refractivity contribution in [3.8, 4) is 22.6 Å². The Labute approximate surface area is 382 Å². The van der Waals surface area contributed by atoms with Crippen LogP contribution in [0.1, 0.15) is 61.1 Å². The Bertz CT molecular complexity index is 2880. The second-order valence-electron chi connectivity index (χ2n) is 16.7. The summed E-state index contributed by atoms with van der Waals surface area (Å²) in [5, 5.41) is 71.3. The molecule has 330 valence electrons. The summed E-state index contributed by atoms with van der Waals surface area (Å²) in [6.45, 7) is 11.0. The Kier molecular flexibility index (Phi) is 12.3. The van der Waals surface area contributed by atoms with Crippen molar-refractivity contribution < 1.29 is 30.0 Å². The van der Waals surface area contributed by atoms with Gasteiger partial charge in [0, 0.05) is 57.2 Å². The highest BCUT2D eigenvalue weighted by molar-refractivity contribution is 6.35. The number of carbonyl (C=O) groups is 2. The van der Waals surface area contributed by atoms with E-state index < -0.39 is 23.1 Å². The summed E-state index contributed by atoms with van der Waals surface area (Å²) in [6, 6.07) is 36.4. The first kappa shape index (κ1) is 44.2. The Hall–Kier alpha value is -8.38. The van der Waals surface area contributed by atoms with Crippen LogP contribution in [0, 0.1) is 25.7 Å². The van der Waals surface area contributed by atoms with Gasteiger partial charge in [-0.15, -0.1) is 0 Å². The van der Waals surface area contributed by atoms with Gasteiger partial charge in [0.15, 0.2) is 11.5 Å². The van der Waals surface area contributed by atoms with E-state index in [0.29, 0.717) is 67.5 Å². The van der Waals surface area contributed by atoms with Gasteiger partial charge in [0.2, 0.25) is 11.6 Å². The lowest BCUT2D eigenvalue weighted by Gasteiger charge is -2.29. The van der Waals surface area contributed by atoms with Gasteiger partial charge in [-0.2, -0.15) is 20.5 Å². The number of phenolic OH excluding ortho intramolecular Hbond substituents is 2. The molecule has 0 fully saturated rings. The molecule has 0 unspecified atom stereocenters. The molecule has 0 spiro atoms. The van der Waals surface area contributed by atoms with Gasteiger partial charge in [0.25, 0.3) is 0 Å². The maximum Gasteiger partial charge on any atom is 0.229 e. The third-order valence-electron chi connectivity index (χ3n) is 11.5. The number of rotatable bonds is 11. The standard InChI is InChI=1S/C54H48N6O6/c1-29(2)43-39-25-31(5)45(51(63)47(39)41(49(61)53(43)65)27-55-33-17-21-37(22-18-33)59-57-35-13-9-7-10-14-35)46-32(6)26-40-44(30(3)4)54(66)50(62)42(48(40)52(46)64)28-56-34-19-23-38(24-20-34)60-58-36-15-11-8-12-16-36/h7-30,55-56,63-66H,1-6H3/b41-27-,42-28-,59-57?,60-58?. The number of carbonyl (C=O) groups excluding carboxylic acids is 2. The summed E-state index contributed by atoms with van der Waals surface area (Å²) in [7, 11) is 0. The highest BCUT2D eigenvalue weighted by Crippen LogP contribution is 2.53. The van der Waals surface area contributed by atoms with Crippen molar-refractivity contribution in [3.63, 3.8) is 0 Å². The van der Waals surface area contributed by atoms with Crippen molar-refractivity contribution in [2.45, 2.75) is 41.5 Å². The van der Waals surface area contributed by atoms with Gasteiger partial charge in [0.1, 0.15) is 11.5 Å². The molecule has 0 aliphatic heterocycles. The fraction of sp³-hybridized carbons (Fsp3) is 0.148. The number of allylic oxidation sites excluding steroid dienone is 4. The Balaban J connectivity index is 1.21. The molecule has 0 saturated carbocycles. The molecule has 66 heavy (non-hydrogen) atoms. The number of aliphatic hydroxyl groups is 2. The average molecular weight is 877 g/mol. The number of aryl methyl sites for hydroxylation is 2. The van der Waals surface area contributed by atoms with Crippen LogP contribution in [0.3, 0.4) is 0 Å². The normalized spacial score (nSPS) is 15.2. The molecule has 0 amide bonds. The number of hydrogen-bond acceptors (Lipinski definition) is 12. The number of phenols is 2. The number of hydrogen-bond donors (Lipinski definition) is 6. The predicted octanol–water partition coefficient (Wildman–Crippen LogP) is 14.1. The van der Waals surface area contributed by atoms with E-state index in [1.807, 2.05) is 88.4 Å². The fourth-order valence-corrected chi connectivity index (χ4v) is 8.41. The summed E-state index contributed by atoms with van der Waals surface area (Å²) in [5.74, 6) is -3.46. The second-order valence-corrected chi connectivity index (χ2v) is 16.7. The van der Waals surface area contributed by atoms with Gasteiger partial charge < -0.3 is 31.1 Å². The van der Waals surface area contributed by atoms with Gasteiger partial charge in [-0.25, -0.2) is 0 Å². The molecule has 0 heterocycles. The molecule has 0 aromatic heterocycles. The number of nitrogens with one attached hydrogen (secondary N) is 2. The summed E-state index contributed by atoms with van der Waals surface area (Å²) in [6.07, 6.45) is 2.89. The number of fused-ring (bicyclic) bond motifs is 2. The first-order valence-electron chi connectivity index (χ1n) is 21.5.